The van der Waals surface area contributed by atoms with E-state index in [2.05, 4.69) is 0 Å². The molecule has 2 aromatic carbocycles. The summed E-state index contributed by atoms with van der Waals surface area (Å²) in [4.78, 5) is 0. The first-order chi connectivity index (χ1) is 8.88. The summed E-state index contributed by atoms with van der Waals surface area (Å²) in [5.41, 5.74) is 7.99. The Morgan fingerprint density at radius 1 is 0.947 bits per heavy atom. The molecule has 2 rings (SSSR count). The molecule has 1 atom stereocenters. The Bertz CT molecular complexity index is 576. The molecule has 0 heterocycles. The first kappa shape index (κ1) is 14.7. The fourth-order valence-electron chi connectivity index (χ4n) is 2.01. The van der Waals surface area contributed by atoms with Gasteiger partial charge in [-0.05, 0) is 48.7 Å². The highest BCUT2D eigenvalue weighted by atomic mass is 35.5. The number of benzene rings is 2. The summed E-state index contributed by atoms with van der Waals surface area (Å²) in [6.07, 6.45) is 0.672. The lowest BCUT2D eigenvalue weighted by molar-refractivity contribution is 0.491. The van der Waals surface area contributed by atoms with Gasteiger partial charge in [-0.3, -0.25) is 0 Å². The van der Waals surface area contributed by atoms with Gasteiger partial charge in [0, 0.05) is 10.6 Å². The van der Waals surface area contributed by atoms with Crippen LogP contribution >= 0.6 is 34.8 Å². The average Bonchev–Trinajstić information content (AvgIpc) is 2.34. The average molecular weight is 315 g/mol. The third-order valence-corrected chi connectivity index (χ3v) is 4.05. The van der Waals surface area contributed by atoms with Crippen LogP contribution in [0.3, 0.4) is 0 Å². The standard InChI is InChI=1S/C15H14Cl3N/c1-15(19,11-3-5-12(16)6-4-11)9-10-2-7-13(17)14(18)8-10/h2-8H,9,19H2,1H3. The molecule has 0 aliphatic heterocycles. The summed E-state index contributed by atoms with van der Waals surface area (Å²) in [5, 5.41) is 1.80. The smallest absolute Gasteiger partial charge is 0.0595 e. The van der Waals surface area contributed by atoms with Gasteiger partial charge in [0.1, 0.15) is 0 Å². The van der Waals surface area contributed by atoms with Crippen LogP contribution in [0.1, 0.15) is 18.1 Å². The largest absolute Gasteiger partial charge is 0.321 e. The van der Waals surface area contributed by atoms with E-state index in [1.807, 2.05) is 43.3 Å². The van der Waals surface area contributed by atoms with Gasteiger partial charge in [-0.2, -0.15) is 0 Å². The lowest BCUT2D eigenvalue weighted by Gasteiger charge is -2.25. The molecular weight excluding hydrogens is 301 g/mol. The van der Waals surface area contributed by atoms with E-state index >= 15 is 0 Å². The Kier molecular flexibility index (Phi) is 4.42. The molecule has 0 spiro atoms. The van der Waals surface area contributed by atoms with Crippen LogP contribution in [0.25, 0.3) is 0 Å². The number of rotatable bonds is 3. The molecule has 0 radical (unpaired) electrons. The summed E-state index contributed by atoms with van der Waals surface area (Å²) >= 11 is 17.8. The molecule has 0 aromatic heterocycles. The maximum Gasteiger partial charge on any atom is 0.0595 e. The number of nitrogens with two attached hydrogens (primary N) is 1. The van der Waals surface area contributed by atoms with Crippen LogP contribution in [0.4, 0.5) is 0 Å². The Hall–Kier alpha value is -0.730. The van der Waals surface area contributed by atoms with Gasteiger partial charge in [0.15, 0.2) is 0 Å². The van der Waals surface area contributed by atoms with Crippen molar-refractivity contribution in [2.24, 2.45) is 5.73 Å². The molecule has 0 saturated heterocycles. The van der Waals surface area contributed by atoms with Gasteiger partial charge >= 0.3 is 0 Å². The number of halogens is 3. The van der Waals surface area contributed by atoms with Crippen molar-refractivity contribution in [1.29, 1.82) is 0 Å². The summed E-state index contributed by atoms with van der Waals surface area (Å²) in [6, 6.07) is 13.2. The van der Waals surface area contributed by atoms with Gasteiger partial charge in [0.25, 0.3) is 0 Å². The van der Waals surface area contributed by atoms with E-state index in [4.69, 9.17) is 40.5 Å². The third kappa shape index (κ3) is 3.64. The van der Waals surface area contributed by atoms with E-state index in [1.54, 1.807) is 6.07 Å². The highest BCUT2D eigenvalue weighted by Crippen LogP contribution is 2.28. The quantitative estimate of drug-likeness (QED) is 0.841. The second kappa shape index (κ2) is 5.72. The SMILES string of the molecule is CC(N)(Cc1ccc(Cl)c(Cl)c1)c1ccc(Cl)cc1. The fraction of sp³-hybridized carbons (Fsp3) is 0.200. The predicted molar refractivity (Wildman–Crippen MR) is 83.2 cm³/mol. The van der Waals surface area contributed by atoms with Crippen molar-refractivity contribution >= 4 is 34.8 Å². The van der Waals surface area contributed by atoms with E-state index in [9.17, 15) is 0 Å². The Labute approximate surface area is 128 Å². The first-order valence-electron chi connectivity index (χ1n) is 5.87. The molecule has 4 heteroatoms. The van der Waals surface area contributed by atoms with Crippen molar-refractivity contribution in [1.82, 2.24) is 0 Å². The van der Waals surface area contributed by atoms with E-state index in [-0.39, 0.29) is 0 Å². The van der Waals surface area contributed by atoms with Crippen LogP contribution in [0.5, 0.6) is 0 Å². The Morgan fingerprint density at radius 2 is 1.58 bits per heavy atom. The molecule has 0 fully saturated rings. The maximum absolute atomic E-state index is 6.39. The van der Waals surface area contributed by atoms with Crippen LogP contribution in [-0.2, 0) is 12.0 Å². The lowest BCUT2D eigenvalue weighted by Crippen LogP contribution is -2.35. The summed E-state index contributed by atoms with van der Waals surface area (Å²) in [5.74, 6) is 0. The Morgan fingerprint density at radius 3 is 2.16 bits per heavy atom. The number of hydrogen-bond acceptors (Lipinski definition) is 1. The molecule has 0 aliphatic carbocycles. The highest BCUT2D eigenvalue weighted by molar-refractivity contribution is 6.42. The van der Waals surface area contributed by atoms with Crippen molar-refractivity contribution in [3.05, 3.63) is 68.7 Å². The maximum atomic E-state index is 6.39. The van der Waals surface area contributed by atoms with Crippen LogP contribution in [0.2, 0.25) is 15.1 Å². The van der Waals surface area contributed by atoms with Gasteiger partial charge in [-0.1, -0.05) is 53.0 Å². The predicted octanol–water partition coefficient (Wildman–Crippen LogP) is 5.06. The summed E-state index contributed by atoms with van der Waals surface area (Å²) in [7, 11) is 0. The van der Waals surface area contributed by atoms with Gasteiger partial charge < -0.3 is 5.73 Å². The molecular formula is C15H14Cl3N. The molecule has 1 nitrogen and oxygen atoms in total. The zero-order valence-corrected chi connectivity index (χ0v) is 12.7. The van der Waals surface area contributed by atoms with E-state index in [0.29, 0.717) is 21.5 Å². The van der Waals surface area contributed by atoms with Crippen molar-refractivity contribution in [3.8, 4) is 0 Å². The van der Waals surface area contributed by atoms with E-state index in [1.165, 1.54) is 0 Å². The summed E-state index contributed by atoms with van der Waals surface area (Å²) < 4.78 is 0. The molecule has 100 valence electrons. The minimum absolute atomic E-state index is 0.484. The fourth-order valence-corrected chi connectivity index (χ4v) is 2.45. The van der Waals surface area contributed by atoms with Crippen LogP contribution in [-0.4, -0.2) is 0 Å². The number of hydrogen-bond donors (Lipinski definition) is 1. The minimum Gasteiger partial charge on any atom is -0.321 e. The van der Waals surface area contributed by atoms with Crippen LogP contribution in [0, 0.1) is 0 Å². The molecule has 0 aliphatic rings. The van der Waals surface area contributed by atoms with Crippen molar-refractivity contribution in [3.63, 3.8) is 0 Å². The molecule has 0 amide bonds. The monoisotopic (exact) mass is 313 g/mol. The zero-order chi connectivity index (χ0) is 14.0. The van der Waals surface area contributed by atoms with Crippen LogP contribution in [0.15, 0.2) is 42.5 Å². The molecule has 19 heavy (non-hydrogen) atoms. The highest BCUT2D eigenvalue weighted by Gasteiger charge is 2.21. The van der Waals surface area contributed by atoms with Gasteiger partial charge in [0.05, 0.1) is 10.0 Å². The van der Waals surface area contributed by atoms with E-state index in [0.717, 1.165) is 11.1 Å². The molecule has 0 bridgehead atoms. The lowest BCUT2D eigenvalue weighted by atomic mass is 9.87. The minimum atomic E-state index is -0.484. The molecule has 1 unspecified atom stereocenters. The van der Waals surface area contributed by atoms with E-state index < -0.39 is 5.54 Å². The molecule has 2 N–H and O–H groups in total. The Balaban J connectivity index is 2.25. The summed E-state index contributed by atoms with van der Waals surface area (Å²) in [6.45, 7) is 1.98. The first-order valence-corrected chi connectivity index (χ1v) is 7.01. The van der Waals surface area contributed by atoms with Crippen molar-refractivity contribution < 1.29 is 0 Å². The van der Waals surface area contributed by atoms with Gasteiger partial charge in [-0.25, -0.2) is 0 Å². The molecule has 0 saturated carbocycles. The van der Waals surface area contributed by atoms with Crippen molar-refractivity contribution in [2.75, 3.05) is 0 Å². The topological polar surface area (TPSA) is 26.0 Å². The van der Waals surface area contributed by atoms with Gasteiger partial charge in [-0.15, -0.1) is 0 Å². The van der Waals surface area contributed by atoms with Gasteiger partial charge in [0.2, 0.25) is 0 Å². The van der Waals surface area contributed by atoms with Crippen molar-refractivity contribution in [2.45, 2.75) is 18.9 Å². The van der Waals surface area contributed by atoms with Crippen LogP contribution < -0.4 is 5.73 Å². The zero-order valence-electron chi connectivity index (χ0n) is 10.5. The normalized spacial score (nSPS) is 14.2. The third-order valence-electron chi connectivity index (χ3n) is 3.06. The second-order valence-corrected chi connectivity index (χ2v) is 6.10. The molecule has 2 aromatic rings. The second-order valence-electron chi connectivity index (χ2n) is 4.85.